The third kappa shape index (κ3) is 4.55. The zero-order valence-corrected chi connectivity index (χ0v) is 13.5. The van der Waals surface area contributed by atoms with Crippen LogP contribution >= 0.6 is 0 Å². The molecular formula is C18H27FN2O. The average molecular weight is 306 g/mol. The molecule has 0 amide bonds. The molecule has 22 heavy (non-hydrogen) atoms. The topological polar surface area (TPSA) is 24.5 Å². The summed E-state index contributed by atoms with van der Waals surface area (Å²) >= 11 is 0. The van der Waals surface area contributed by atoms with Gasteiger partial charge < -0.3 is 10.1 Å². The van der Waals surface area contributed by atoms with E-state index in [4.69, 9.17) is 4.74 Å². The summed E-state index contributed by atoms with van der Waals surface area (Å²) in [5.41, 5.74) is 0.975. The zero-order chi connectivity index (χ0) is 15.8. The fourth-order valence-corrected chi connectivity index (χ4v) is 3.12. The molecule has 1 aliphatic rings. The van der Waals surface area contributed by atoms with Gasteiger partial charge in [-0.25, -0.2) is 4.39 Å². The first-order valence-electron chi connectivity index (χ1n) is 8.15. The molecule has 1 fully saturated rings. The standard InChI is InChI=1S/C18H27FN2O/c1-3-4-5-6-7-17(21-12-10-20-11-13-21)16-14-15(19)8-9-18(16)22-2/h3,8-9,14,17,20H,1,4-7,10-13H2,2H3/t17-/m0/s1. The van der Waals surface area contributed by atoms with Gasteiger partial charge in [-0.1, -0.05) is 12.5 Å². The highest BCUT2D eigenvalue weighted by Gasteiger charge is 2.24. The fraction of sp³-hybridized carbons (Fsp3) is 0.556. The van der Waals surface area contributed by atoms with E-state index in [9.17, 15) is 4.39 Å². The Hall–Kier alpha value is -1.39. The van der Waals surface area contributed by atoms with Crippen LogP contribution < -0.4 is 10.1 Å². The lowest BCUT2D eigenvalue weighted by molar-refractivity contribution is 0.160. The van der Waals surface area contributed by atoms with Crippen LogP contribution in [0.4, 0.5) is 4.39 Å². The second kappa shape index (κ2) is 8.91. The average Bonchev–Trinajstić information content (AvgIpc) is 2.56. The smallest absolute Gasteiger partial charge is 0.123 e. The van der Waals surface area contributed by atoms with Crippen LogP contribution in [-0.4, -0.2) is 38.2 Å². The highest BCUT2D eigenvalue weighted by atomic mass is 19.1. The predicted molar refractivity (Wildman–Crippen MR) is 88.8 cm³/mol. The minimum absolute atomic E-state index is 0.193. The molecule has 0 saturated carbocycles. The number of benzene rings is 1. The summed E-state index contributed by atoms with van der Waals surface area (Å²) in [6.07, 6.45) is 6.26. The van der Waals surface area contributed by atoms with Crippen LogP contribution in [0.2, 0.25) is 0 Å². The maximum Gasteiger partial charge on any atom is 0.123 e. The molecule has 1 aliphatic heterocycles. The minimum Gasteiger partial charge on any atom is -0.496 e. The van der Waals surface area contributed by atoms with Gasteiger partial charge in [-0.05, 0) is 37.5 Å². The van der Waals surface area contributed by atoms with Gasteiger partial charge >= 0.3 is 0 Å². The summed E-state index contributed by atoms with van der Waals surface area (Å²) in [5, 5.41) is 3.38. The second-order valence-electron chi connectivity index (χ2n) is 5.76. The molecule has 2 rings (SSSR count). The summed E-state index contributed by atoms with van der Waals surface area (Å²) in [6.45, 7) is 7.73. The van der Waals surface area contributed by atoms with Crippen LogP contribution in [0, 0.1) is 5.82 Å². The molecule has 1 heterocycles. The molecule has 0 bridgehead atoms. The molecule has 1 N–H and O–H groups in total. The van der Waals surface area contributed by atoms with Crippen molar-refractivity contribution >= 4 is 0 Å². The van der Waals surface area contributed by atoms with E-state index in [-0.39, 0.29) is 11.9 Å². The molecule has 1 saturated heterocycles. The fourth-order valence-electron chi connectivity index (χ4n) is 3.12. The van der Waals surface area contributed by atoms with E-state index in [1.165, 1.54) is 6.07 Å². The number of rotatable bonds is 8. The number of hydrogen-bond donors (Lipinski definition) is 1. The van der Waals surface area contributed by atoms with Crippen molar-refractivity contribution in [3.05, 3.63) is 42.2 Å². The van der Waals surface area contributed by atoms with Gasteiger partial charge in [0, 0.05) is 37.8 Å². The first kappa shape index (κ1) is 17.0. The van der Waals surface area contributed by atoms with Gasteiger partial charge in [0.1, 0.15) is 11.6 Å². The van der Waals surface area contributed by atoms with Crippen LogP contribution in [-0.2, 0) is 0 Å². The Kier molecular flexibility index (Phi) is 6.87. The number of unbranched alkanes of at least 4 members (excludes halogenated alkanes) is 2. The number of ether oxygens (including phenoxy) is 1. The highest BCUT2D eigenvalue weighted by Crippen LogP contribution is 2.34. The van der Waals surface area contributed by atoms with Crippen molar-refractivity contribution in [2.24, 2.45) is 0 Å². The number of hydrogen-bond acceptors (Lipinski definition) is 3. The van der Waals surface area contributed by atoms with E-state index in [0.29, 0.717) is 0 Å². The van der Waals surface area contributed by atoms with Crippen molar-refractivity contribution in [1.82, 2.24) is 10.2 Å². The largest absolute Gasteiger partial charge is 0.496 e. The van der Waals surface area contributed by atoms with E-state index in [2.05, 4.69) is 16.8 Å². The van der Waals surface area contributed by atoms with Crippen LogP contribution in [0.3, 0.4) is 0 Å². The van der Waals surface area contributed by atoms with E-state index in [0.717, 1.165) is 63.2 Å². The second-order valence-corrected chi connectivity index (χ2v) is 5.76. The van der Waals surface area contributed by atoms with Gasteiger partial charge in [0.05, 0.1) is 7.11 Å². The quantitative estimate of drug-likeness (QED) is 0.587. The summed E-state index contributed by atoms with van der Waals surface area (Å²) in [5.74, 6) is 0.593. The molecule has 0 spiro atoms. The Labute approximate surface area is 133 Å². The van der Waals surface area contributed by atoms with Gasteiger partial charge in [-0.15, -0.1) is 6.58 Å². The van der Waals surface area contributed by atoms with E-state index in [1.54, 1.807) is 19.2 Å². The van der Waals surface area contributed by atoms with E-state index in [1.807, 2.05) is 6.08 Å². The number of allylic oxidation sites excluding steroid dienone is 1. The van der Waals surface area contributed by atoms with Crippen LogP contribution in [0.1, 0.15) is 37.3 Å². The summed E-state index contributed by atoms with van der Waals surface area (Å²) < 4.78 is 19.2. The summed E-state index contributed by atoms with van der Waals surface area (Å²) in [6, 6.07) is 5.06. The molecule has 0 unspecified atom stereocenters. The number of methoxy groups -OCH3 is 1. The van der Waals surface area contributed by atoms with Gasteiger partial charge in [0.25, 0.3) is 0 Å². The number of nitrogens with zero attached hydrogens (tertiary/aromatic N) is 1. The van der Waals surface area contributed by atoms with Gasteiger partial charge in [-0.2, -0.15) is 0 Å². The van der Waals surface area contributed by atoms with E-state index < -0.39 is 0 Å². The van der Waals surface area contributed by atoms with Crippen molar-refractivity contribution < 1.29 is 9.13 Å². The zero-order valence-electron chi connectivity index (χ0n) is 13.5. The third-order valence-corrected chi connectivity index (χ3v) is 4.28. The Morgan fingerprint density at radius 1 is 1.36 bits per heavy atom. The van der Waals surface area contributed by atoms with Crippen molar-refractivity contribution in [1.29, 1.82) is 0 Å². The lowest BCUT2D eigenvalue weighted by atomic mass is 9.97. The van der Waals surface area contributed by atoms with Crippen molar-refractivity contribution in [3.8, 4) is 5.75 Å². The first-order valence-corrected chi connectivity index (χ1v) is 8.15. The highest BCUT2D eigenvalue weighted by molar-refractivity contribution is 5.36. The summed E-state index contributed by atoms with van der Waals surface area (Å²) in [7, 11) is 1.66. The van der Waals surface area contributed by atoms with Crippen LogP contribution in [0.25, 0.3) is 0 Å². The molecule has 3 nitrogen and oxygen atoms in total. The Morgan fingerprint density at radius 3 is 2.82 bits per heavy atom. The lowest BCUT2D eigenvalue weighted by Crippen LogP contribution is -2.45. The molecule has 4 heteroatoms. The molecule has 0 radical (unpaired) electrons. The molecule has 0 aromatic heterocycles. The Balaban J connectivity index is 2.18. The van der Waals surface area contributed by atoms with E-state index >= 15 is 0 Å². The molecule has 122 valence electrons. The maximum atomic E-state index is 13.8. The number of halogens is 1. The number of nitrogens with one attached hydrogen (secondary N) is 1. The molecular weight excluding hydrogens is 279 g/mol. The molecule has 1 aromatic rings. The van der Waals surface area contributed by atoms with Crippen molar-refractivity contribution in [3.63, 3.8) is 0 Å². The van der Waals surface area contributed by atoms with Gasteiger partial charge in [-0.3, -0.25) is 4.90 Å². The molecule has 1 aromatic carbocycles. The lowest BCUT2D eigenvalue weighted by Gasteiger charge is -2.36. The molecule has 1 atom stereocenters. The third-order valence-electron chi connectivity index (χ3n) is 4.28. The monoisotopic (exact) mass is 306 g/mol. The van der Waals surface area contributed by atoms with Crippen LogP contribution in [0.5, 0.6) is 5.75 Å². The Morgan fingerprint density at radius 2 is 2.14 bits per heavy atom. The van der Waals surface area contributed by atoms with Crippen molar-refractivity contribution in [2.45, 2.75) is 31.7 Å². The predicted octanol–water partition coefficient (Wildman–Crippen LogP) is 3.53. The maximum absolute atomic E-state index is 13.8. The van der Waals surface area contributed by atoms with Crippen LogP contribution in [0.15, 0.2) is 30.9 Å². The number of piperazine rings is 1. The molecule has 0 aliphatic carbocycles. The van der Waals surface area contributed by atoms with Gasteiger partial charge in [0.15, 0.2) is 0 Å². The minimum atomic E-state index is -0.193. The first-order chi connectivity index (χ1) is 10.8. The Bertz CT molecular complexity index is 472. The normalized spacial score (nSPS) is 17.2. The van der Waals surface area contributed by atoms with Crippen molar-refractivity contribution in [2.75, 3.05) is 33.3 Å². The van der Waals surface area contributed by atoms with Gasteiger partial charge in [0.2, 0.25) is 0 Å². The summed E-state index contributed by atoms with van der Waals surface area (Å²) in [4.78, 5) is 2.45. The SMILES string of the molecule is C=CCCCC[C@@H](c1cc(F)ccc1OC)N1CCNCC1.